The van der Waals surface area contributed by atoms with Gasteiger partial charge in [0.05, 0.1) is 29.4 Å². The van der Waals surface area contributed by atoms with Gasteiger partial charge in [-0.2, -0.15) is 0 Å². The molecule has 0 bridgehead atoms. The van der Waals surface area contributed by atoms with Gasteiger partial charge in [0, 0.05) is 33.3 Å². The Bertz CT molecular complexity index is 1350. The maximum Gasteiger partial charge on any atom is 0.249 e. The van der Waals surface area contributed by atoms with Crippen LogP contribution in [-0.4, -0.2) is 63.7 Å². The van der Waals surface area contributed by atoms with E-state index in [9.17, 15) is 8.42 Å². The Morgan fingerprint density at radius 1 is 1.26 bits per heavy atom. The van der Waals surface area contributed by atoms with Crippen LogP contribution >= 0.6 is 11.6 Å². The predicted octanol–water partition coefficient (Wildman–Crippen LogP) is 4.09. The maximum absolute atomic E-state index is 12.4. The smallest absolute Gasteiger partial charge is 0.249 e. The van der Waals surface area contributed by atoms with Gasteiger partial charge in [-0.05, 0) is 29.9 Å². The average Bonchev–Trinajstić information content (AvgIpc) is 3.37. The first kappa shape index (κ1) is 28.3. The summed E-state index contributed by atoms with van der Waals surface area (Å²) < 4.78 is 37.4. The zero-order valence-corrected chi connectivity index (χ0v) is 23.9. The summed E-state index contributed by atoms with van der Waals surface area (Å²) >= 11 is 6.75. The van der Waals surface area contributed by atoms with Crippen LogP contribution in [0.5, 0.6) is 0 Å². The second-order valence-corrected chi connectivity index (χ2v) is 12.4. The lowest BCUT2D eigenvalue weighted by Gasteiger charge is -2.26. The number of nitrogens with two attached hydrogens (primary N) is 1. The van der Waals surface area contributed by atoms with Crippen LogP contribution in [0.4, 0.5) is 11.6 Å². The first-order valence-electron chi connectivity index (χ1n) is 12.5. The molecular weight excluding hydrogens is 528 g/mol. The number of ether oxygens (including phenoxy) is 1. The molecule has 2 heterocycles. The van der Waals surface area contributed by atoms with Crippen molar-refractivity contribution >= 4 is 33.3 Å². The molecule has 206 valence electrons. The number of sulfonamides is 1. The number of aromatic nitrogens is 3. The van der Waals surface area contributed by atoms with E-state index >= 15 is 0 Å². The molecule has 1 aliphatic rings. The van der Waals surface area contributed by atoms with Crippen molar-refractivity contribution in [3.05, 3.63) is 52.9 Å². The molecule has 0 aliphatic heterocycles. The highest BCUT2D eigenvalue weighted by Gasteiger charge is 2.35. The van der Waals surface area contributed by atoms with Gasteiger partial charge >= 0.3 is 0 Å². The molecule has 0 spiro atoms. The molecule has 1 saturated carbocycles. The molecule has 3 aromatic rings. The first-order chi connectivity index (χ1) is 18.0. The molecule has 0 radical (unpaired) electrons. The minimum Gasteiger partial charge on any atom is -0.420 e. The Labute approximate surface area is 229 Å². The van der Waals surface area contributed by atoms with E-state index in [0.717, 1.165) is 29.1 Å². The predicted molar refractivity (Wildman–Crippen MR) is 149 cm³/mol. The fourth-order valence-corrected chi connectivity index (χ4v) is 5.07. The molecule has 2 N–H and O–H groups in total. The van der Waals surface area contributed by atoms with Crippen LogP contribution in [0, 0.1) is 11.8 Å². The number of anilines is 2. The summed E-state index contributed by atoms with van der Waals surface area (Å²) in [4.78, 5) is 6.75. The van der Waals surface area contributed by atoms with Crippen molar-refractivity contribution in [1.29, 1.82) is 0 Å². The fourth-order valence-electron chi connectivity index (χ4n) is 4.27. The van der Waals surface area contributed by atoms with Gasteiger partial charge in [0.25, 0.3) is 0 Å². The second kappa shape index (κ2) is 11.6. The standard InChI is InChI=1S/C26H35ClN6O4S/c1-16-13-19(16)15-33(11-12-36-4)21-14-20(22(27)24(29-21)32(3)38(5,34)35)26-31-30-25(37-26)17(2)23(28)18-9-7-6-8-10-18/h6-10,14,16-17,19,23H,11-13,15,28H2,1-5H3/t16?,17-,19?,23?/m1/s1. The first-order valence-corrected chi connectivity index (χ1v) is 14.8. The van der Waals surface area contributed by atoms with Crippen molar-refractivity contribution in [1.82, 2.24) is 15.2 Å². The van der Waals surface area contributed by atoms with Crippen LogP contribution in [0.1, 0.15) is 43.7 Å². The molecule has 4 atom stereocenters. The number of rotatable bonds is 12. The lowest BCUT2D eigenvalue weighted by atomic mass is 9.95. The van der Waals surface area contributed by atoms with Crippen LogP contribution < -0.4 is 14.9 Å². The summed E-state index contributed by atoms with van der Waals surface area (Å²) in [7, 11) is -0.588. The quantitative estimate of drug-likeness (QED) is 0.347. The van der Waals surface area contributed by atoms with E-state index in [2.05, 4.69) is 27.0 Å². The van der Waals surface area contributed by atoms with Crippen LogP contribution in [-0.2, 0) is 14.8 Å². The van der Waals surface area contributed by atoms with E-state index in [1.54, 1.807) is 13.2 Å². The highest BCUT2D eigenvalue weighted by molar-refractivity contribution is 7.92. The van der Waals surface area contributed by atoms with E-state index < -0.39 is 10.0 Å². The van der Waals surface area contributed by atoms with Crippen LogP contribution in [0.15, 0.2) is 40.8 Å². The molecule has 3 unspecified atom stereocenters. The monoisotopic (exact) mass is 562 g/mol. The normalized spacial score (nSPS) is 18.7. The van der Waals surface area contributed by atoms with Crippen LogP contribution in [0.2, 0.25) is 5.02 Å². The lowest BCUT2D eigenvalue weighted by molar-refractivity contribution is 0.204. The fraction of sp³-hybridized carbons (Fsp3) is 0.500. The van der Waals surface area contributed by atoms with Gasteiger partial charge in [-0.3, -0.25) is 4.31 Å². The number of hydrogen-bond acceptors (Lipinski definition) is 9. The summed E-state index contributed by atoms with van der Waals surface area (Å²) in [6, 6.07) is 11.1. The molecule has 4 rings (SSSR count). The summed E-state index contributed by atoms with van der Waals surface area (Å²) in [6.07, 6.45) is 2.23. The number of benzene rings is 1. The Morgan fingerprint density at radius 3 is 2.55 bits per heavy atom. The van der Waals surface area contributed by atoms with Crippen molar-refractivity contribution in [2.24, 2.45) is 17.6 Å². The van der Waals surface area contributed by atoms with Crippen LogP contribution in [0.3, 0.4) is 0 Å². The van der Waals surface area contributed by atoms with Gasteiger partial charge in [-0.25, -0.2) is 13.4 Å². The molecule has 2 aromatic heterocycles. The van der Waals surface area contributed by atoms with Gasteiger partial charge in [0.1, 0.15) is 5.82 Å². The highest BCUT2D eigenvalue weighted by atomic mass is 35.5. The summed E-state index contributed by atoms with van der Waals surface area (Å²) in [5.74, 6) is 2.04. The zero-order chi connectivity index (χ0) is 27.6. The second-order valence-electron chi connectivity index (χ2n) is 9.98. The van der Waals surface area contributed by atoms with E-state index in [1.165, 1.54) is 7.05 Å². The third-order valence-electron chi connectivity index (χ3n) is 7.13. The summed E-state index contributed by atoms with van der Waals surface area (Å²) in [5, 5.41) is 8.61. The Balaban J connectivity index is 1.75. The number of halogens is 1. The van der Waals surface area contributed by atoms with Crippen molar-refractivity contribution < 1.29 is 17.6 Å². The molecule has 10 nitrogen and oxygen atoms in total. The van der Waals surface area contributed by atoms with Crippen molar-refractivity contribution in [2.75, 3.05) is 49.3 Å². The summed E-state index contributed by atoms with van der Waals surface area (Å²) in [6.45, 7) is 5.95. The minimum absolute atomic E-state index is 0.0849. The van der Waals surface area contributed by atoms with Crippen molar-refractivity contribution in [3.63, 3.8) is 0 Å². The third kappa shape index (κ3) is 6.28. The zero-order valence-electron chi connectivity index (χ0n) is 22.3. The van der Waals surface area contributed by atoms with Crippen LogP contribution in [0.25, 0.3) is 11.5 Å². The van der Waals surface area contributed by atoms with Crippen molar-refractivity contribution in [2.45, 2.75) is 32.2 Å². The third-order valence-corrected chi connectivity index (χ3v) is 8.67. The van der Waals surface area contributed by atoms with Gasteiger partial charge < -0.3 is 19.8 Å². The SMILES string of the molecule is COCCN(CC1CC1C)c1cc(-c2nnc([C@H](C)C(N)c3ccccc3)o2)c(Cl)c(N(C)S(C)(=O)=O)n1. The van der Waals surface area contributed by atoms with Crippen molar-refractivity contribution in [3.8, 4) is 11.5 Å². The van der Waals surface area contributed by atoms with Gasteiger partial charge in [0.15, 0.2) is 5.82 Å². The largest absolute Gasteiger partial charge is 0.420 e. The molecule has 0 saturated heterocycles. The van der Waals surface area contributed by atoms with E-state index in [0.29, 0.717) is 42.3 Å². The van der Waals surface area contributed by atoms with Gasteiger partial charge in [0.2, 0.25) is 21.8 Å². The average molecular weight is 563 g/mol. The molecule has 1 fully saturated rings. The van der Waals surface area contributed by atoms with Gasteiger partial charge in [-0.1, -0.05) is 55.8 Å². The number of nitrogens with zero attached hydrogens (tertiary/aromatic N) is 5. The molecular formula is C26H35ClN6O4S. The topological polar surface area (TPSA) is 128 Å². The summed E-state index contributed by atoms with van der Waals surface area (Å²) in [5.41, 5.74) is 7.82. The highest BCUT2D eigenvalue weighted by Crippen LogP contribution is 2.41. The number of pyridine rings is 1. The minimum atomic E-state index is -3.65. The molecule has 1 aliphatic carbocycles. The molecule has 0 amide bonds. The Morgan fingerprint density at radius 2 is 1.95 bits per heavy atom. The molecule has 12 heteroatoms. The lowest BCUT2D eigenvalue weighted by Crippen LogP contribution is -2.32. The molecule has 1 aromatic carbocycles. The van der Waals surface area contributed by atoms with E-state index in [1.807, 2.05) is 37.3 Å². The Kier molecular flexibility index (Phi) is 8.61. The van der Waals surface area contributed by atoms with E-state index in [-0.39, 0.29) is 28.7 Å². The van der Waals surface area contributed by atoms with Gasteiger partial charge in [-0.15, -0.1) is 10.2 Å². The number of methoxy groups -OCH3 is 1. The maximum atomic E-state index is 12.4. The molecule has 38 heavy (non-hydrogen) atoms. The number of hydrogen-bond donors (Lipinski definition) is 1. The van der Waals surface area contributed by atoms with E-state index in [4.69, 9.17) is 26.5 Å². The Hall–Kier alpha value is -2.73.